The molecule has 0 unspecified atom stereocenters. The molecular formula is C20H21Cl2N3O6. The number of carbonyl (C=O) groups is 2. The zero-order valence-corrected chi connectivity index (χ0v) is 18.6. The molecule has 0 bridgehead atoms. The van der Waals surface area contributed by atoms with Crippen molar-refractivity contribution in [2.24, 2.45) is 0 Å². The summed E-state index contributed by atoms with van der Waals surface area (Å²) in [4.78, 5) is 36.8. The van der Waals surface area contributed by atoms with Crippen LogP contribution in [0.25, 0.3) is 0 Å². The predicted octanol–water partition coefficient (Wildman–Crippen LogP) is 3.45. The molecule has 2 aromatic carbocycles. The molecule has 1 atom stereocenters. The Bertz CT molecular complexity index is 985. The molecule has 166 valence electrons. The van der Waals surface area contributed by atoms with Crippen LogP contribution < -0.4 is 14.8 Å². The van der Waals surface area contributed by atoms with Crippen molar-refractivity contribution in [3.8, 4) is 11.5 Å². The molecule has 0 aliphatic rings. The number of likely N-dealkylation sites (N-methyl/N-ethyl adjacent to an activating group) is 1. The van der Waals surface area contributed by atoms with E-state index in [1.165, 1.54) is 37.3 Å². The molecule has 2 rings (SSSR count). The van der Waals surface area contributed by atoms with Crippen molar-refractivity contribution in [3.05, 3.63) is 62.1 Å². The van der Waals surface area contributed by atoms with Crippen LogP contribution in [0, 0.1) is 10.1 Å². The van der Waals surface area contributed by atoms with Gasteiger partial charge in [-0.2, -0.15) is 0 Å². The van der Waals surface area contributed by atoms with Gasteiger partial charge in [0.15, 0.2) is 6.61 Å². The van der Waals surface area contributed by atoms with Gasteiger partial charge in [-0.1, -0.05) is 29.3 Å². The van der Waals surface area contributed by atoms with E-state index in [0.29, 0.717) is 15.6 Å². The number of amides is 2. The molecule has 9 nitrogen and oxygen atoms in total. The normalized spacial score (nSPS) is 11.4. The van der Waals surface area contributed by atoms with Crippen molar-refractivity contribution in [1.29, 1.82) is 0 Å². The maximum absolute atomic E-state index is 12.9. The summed E-state index contributed by atoms with van der Waals surface area (Å²) in [5, 5.41) is 14.3. The lowest BCUT2D eigenvalue weighted by molar-refractivity contribution is -0.385. The lowest BCUT2D eigenvalue weighted by atomic mass is 10.1. The fourth-order valence-corrected chi connectivity index (χ4v) is 3.22. The van der Waals surface area contributed by atoms with E-state index in [4.69, 9.17) is 32.7 Å². The Morgan fingerprint density at radius 3 is 2.52 bits per heavy atom. The summed E-state index contributed by atoms with van der Waals surface area (Å²) < 4.78 is 10.5. The number of carbonyl (C=O) groups excluding carboxylic acids is 2. The SMILES string of the molecule is CNC(=O)[C@@H](C)N(Cc1ccc(Cl)cc1Cl)C(=O)COc1ccc([N+](=O)[O-])c(OC)c1. The predicted molar refractivity (Wildman–Crippen MR) is 116 cm³/mol. The van der Waals surface area contributed by atoms with Gasteiger partial charge in [0, 0.05) is 35.8 Å². The first-order chi connectivity index (χ1) is 14.7. The molecular weight excluding hydrogens is 449 g/mol. The van der Waals surface area contributed by atoms with Gasteiger partial charge in [-0.15, -0.1) is 0 Å². The maximum atomic E-state index is 12.9. The van der Waals surface area contributed by atoms with Crippen LogP contribution in [-0.2, 0) is 16.1 Å². The van der Waals surface area contributed by atoms with Crippen LogP contribution in [0.4, 0.5) is 5.69 Å². The number of ether oxygens (including phenoxy) is 2. The van der Waals surface area contributed by atoms with E-state index >= 15 is 0 Å². The number of hydrogen-bond donors (Lipinski definition) is 1. The van der Waals surface area contributed by atoms with E-state index < -0.39 is 23.5 Å². The first kappa shape index (κ1) is 24.2. The summed E-state index contributed by atoms with van der Waals surface area (Å²) in [6.45, 7) is 1.22. The third kappa shape index (κ3) is 6.22. The maximum Gasteiger partial charge on any atom is 0.311 e. The molecule has 31 heavy (non-hydrogen) atoms. The number of nitro benzene ring substituents is 1. The van der Waals surface area contributed by atoms with Crippen molar-refractivity contribution in [1.82, 2.24) is 10.2 Å². The number of rotatable bonds is 9. The summed E-state index contributed by atoms with van der Waals surface area (Å²) in [7, 11) is 2.76. The van der Waals surface area contributed by atoms with Crippen molar-refractivity contribution < 1.29 is 24.0 Å². The van der Waals surface area contributed by atoms with E-state index in [2.05, 4.69) is 5.32 Å². The molecule has 0 aliphatic carbocycles. The Labute approximate surface area is 189 Å². The van der Waals surface area contributed by atoms with Crippen LogP contribution in [0.1, 0.15) is 12.5 Å². The van der Waals surface area contributed by atoms with Gasteiger partial charge in [-0.3, -0.25) is 19.7 Å². The lowest BCUT2D eigenvalue weighted by Gasteiger charge is -2.28. The van der Waals surface area contributed by atoms with E-state index in [0.717, 1.165) is 0 Å². The highest BCUT2D eigenvalue weighted by Crippen LogP contribution is 2.31. The molecule has 2 amide bonds. The van der Waals surface area contributed by atoms with Crippen molar-refractivity contribution in [2.45, 2.75) is 19.5 Å². The number of nitro groups is 1. The Morgan fingerprint density at radius 1 is 1.23 bits per heavy atom. The van der Waals surface area contributed by atoms with Gasteiger partial charge in [-0.05, 0) is 30.7 Å². The van der Waals surface area contributed by atoms with Crippen molar-refractivity contribution in [3.63, 3.8) is 0 Å². The summed E-state index contributed by atoms with van der Waals surface area (Å²) in [6, 6.07) is 7.94. The van der Waals surface area contributed by atoms with Gasteiger partial charge in [0.05, 0.1) is 12.0 Å². The van der Waals surface area contributed by atoms with Crippen LogP contribution in [0.2, 0.25) is 10.0 Å². The Hall–Kier alpha value is -3.04. The van der Waals surface area contributed by atoms with Gasteiger partial charge >= 0.3 is 5.69 Å². The molecule has 0 aromatic heterocycles. The zero-order valence-electron chi connectivity index (χ0n) is 17.1. The highest BCUT2D eigenvalue weighted by molar-refractivity contribution is 6.35. The molecule has 0 fully saturated rings. The lowest BCUT2D eigenvalue weighted by Crippen LogP contribution is -2.48. The number of nitrogens with one attached hydrogen (secondary N) is 1. The smallest absolute Gasteiger partial charge is 0.311 e. The molecule has 0 saturated heterocycles. The standard InChI is InChI=1S/C20H21Cl2N3O6/c1-12(20(27)23-2)24(10-13-4-5-14(21)8-16(13)22)19(26)11-31-15-6-7-17(25(28)29)18(9-15)30-3/h4-9,12H,10-11H2,1-3H3,(H,23,27)/t12-/m1/s1. The van der Waals surface area contributed by atoms with E-state index in [-0.39, 0.29) is 29.6 Å². The molecule has 0 spiro atoms. The molecule has 1 N–H and O–H groups in total. The highest BCUT2D eigenvalue weighted by atomic mass is 35.5. The van der Waals surface area contributed by atoms with Gasteiger partial charge < -0.3 is 19.7 Å². The van der Waals surface area contributed by atoms with Gasteiger partial charge in [0.25, 0.3) is 5.91 Å². The molecule has 0 aliphatic heterocycles. The quantitative estimate of drug-likeness (QED) is 0.444. The second-order valence-corrected chi connectivity index (χ2v) is 7.27. The highest BCUT2D eigenvalue weighted by Gasteiger charge is 2.27. The van der Waals surface area contributed by atoms with Gasteiger partial charge in [0.1, 0.15) is 11.8 Å². The number of benzene rings is 2. The van der Waals surface area contributed by atoms with Crippen LogP contribution >= 0.6 is 23.2 Å². The summed E-state index contributed by atoms with van der Waals surface area (Å²) in [5.41, 5.74) is 0.376. The summed E-state index contributed by atoms with van der Waals surface area (Å²) in [5.74, 6) is -0.652. The number of halogens is 2. The second-order valence-electron chi connectivity index (χ2n) is 6.43. The largest absolute Gasteiger partial charge is 0.490 e. The van der Waals surface area contributed by atoms with E-state index in [9.17, 15) is 19.7 Å². The fraction of sp³-hybridized carbons (Fsp3) is 0.300. The van der Waals surface area contributed by atoms with E-state index in [1.54, 1.807) is 25.1 Å². The first-order valence-electron chi connectivity index (χ1n) is 9.08. The molecule has 0 radical (unpaired) electrons. The zero-order chi connectivity index (χ0) is 23.1. The van der Waals surface area contributed by atoms with E-state index in [1.807, 2.05) is 0 Å². The van der Waals surface area contributed by atoms with Gasteiger partial charge in [-0.25, -0.2) is 0 Å². The van der Waals surface area contributed by atoms with Crippen molar-refractivity contribution >= 4 is 40.7 Å². The Kier molecular flexibility index (Phi) is 8.47. The Morgan fingerprint density at radius 2 is 1.94 bits per heavy atom. The molecule has 2 aromatic rings. The number of methoxy groups -OCH3 is 1. The van der Waals surface area contributed by atoms with Crippen LogP contribution in [0.3, 0.4) is 0 Å². The monoisotopic (exact) mass is 469 g/mol. The molecule has 0 saturated carbocycles. The van der Waals surface area contributed by atoms with Crippen LogP contribution in [-0.4, -0.2) is 48.4 Å². The Balaban J connectivity index is 2.21. The average molecular weight is 470 g/mol. The minimum absolute atomic E-state index is 0.00141. The number of hydrogen-bond acceptors (Lipinski definition) is 6. The van der Waals surface area contributed by atoms with Crippen molar-refractivity contribution in [2.75, 3.05) is 20.8 Å². The molecule has 11 heteroatoms. The second kappa shape index (κ2) is 10.8. The minimum Gasteiger partial charge on any atom is -0.490 e. The topological polar surface area (TPSA) is 111 Å². The van der Waals surface area contributed by atoms with Crippen LogP contribution in [0.5, 0.6) is 11.5 Å². The summed E-state index contributed by atoms with van der Waals surface area (Å²) in [6.07, 6.45) is 0. The van der Waals surface area contributed by atoms with Crippen LogP contribution in [0.15, 0.2) is 36.4 Å². The average Bonchev–Trinajstić information content (AvgIpc) is 2.75. The fourth-order valence-electron chi connectivity index (χ4n) is 2.75. The third-order valence-electron chi connectivity index (χ3n) is 4.48. The minimum atomic E-state index is -0.806. The third-order valence-corrected chi connectivity index (χ3v) is 5.07. The number of nitrogens with zero attached hydrogens (tertiary/aromatic N) is 2. The summed E-state index contributed by atoms with van der Waals surface area (Å²) >= 11 is 12.1. The molecule has 0 heterocycles. The van der Waals surface area contributed by atoms with Gasteiger partial charge in [0.2, 0.25) is 11.7 Å². The first-order valence-corrected chi connectivity index (χ1v) is 9.83.